The molecule has 0 aliphatic carbocycles. The maximum Gasteiger partial charge on any atom is 0.331 e. The summed E-state index contributed by atoms with van der Waals surface area (Å²) >= 11 is 5.94. The second-order valence-corrected chi connectivity index (χ2v) is 4.70. The molecule has 1 aromatic rings. The second-order valence-electron chi connectivity index (χ2n) is 4.29. The van der Waals surface area contributed by atoms with Gasteiger partial charge in [0.15, 0.2) is 6.61 Å². The van der Waals surface area contributed by atoms with Crippen molar-refractivity contribution in [3.63, 3.8) is 0 Å². The highest BCUT2D eigenvalue weighted by atomic mass is 35.5. The van der Waals surface area contributed by atoms with E-state index in [0.717, 1.165) is 11.1 Å². The van der Waals surface area contributed by atoms with E-state index >= 15 is 0 Å². The Kier molecular flexibility index (Phi) is 5.57. The summed E-state index contributed by atoms with van der Waals surface area (Å²) in [6.45, 7) is 5.02. The molecule has 102 valence electrons. The fourth-order valence-corrected chi connectivity index (χ4v) is 1.52. The lowest BCUT2D eigenvalue weighted by molar-refractivity contribution is -0.142. The molecule has 1 amide bonds. The molecule has 0 radical (unpaired) electrons. The molecule has 1 rings (SSSR count). The number of anilines is 1. The van der Waals surface area contributed by atoms with Gasteiger partial charge in [-0.15, -0.1) is 0 Å². The summed E-state index contributed by atoms with van der Waals surface area (Å²) in [4.78, 5) is 22.8. The molecule has 0 fully saturated rings. The number of benzene rings is 1. The average Bonchev–Trinajstić information content (AvgIpc) is 2.32. The van der Waals surface area contributed by atoms with Crippen LogP contribution in [0, 0.1) is 6.92 Å². The molecule has 0 heterocycles. The molecule has 0 spiro atoms. The minimum atomic E-state index is -0.530. The van der Waals surface area contributed by atoms with Crippen molar-refractivity contribution in [2.24, 2.45) is 0 Å². The van der Waals surface area contributed by atoms with Crippen LogP contribution in [0.4, 0.5) is 5.69 Å². The highest BCUT2D eigenvalue weighted by Crippen LogP contribution is 2.22. The van der Waals surface area contributed by atoms with Gasteiger partial charge in [-0.05, 0) is 38.5 Å². The minimum absolute atomic E-state index is 0.325. The Morgan fingerprint density at radius 3 is 2.68 bits per heavy atom. The average molecular weight is 282 g/mol. The maximum absolute atomic E-state index is 11.6. The van der Waals surface area contributed by atoms with Crippen LogP contribution >= 0.6 is 11.6 Å². The Bertz CT molecular complexity index is 519. The smallest absolute Gasteiger partial charge is 0.331 e. The maximum atomic E-state index is 11.6. The van der Waals surface area contributed by atoms with E-state index in [1.807, 2.05) is 0 Å². The molecule has 0 unspecified atom stereocenters. The van der Waals surface area contributed by atoms with Crippen LogP contribution in [0.1, 0.15) is 19.4 Å². The summed E-state index contributed by atoms with van der Waals surface area (Å²) in [6, 6.07) is 5.21. The molecule has 0 aliphatic rings. The summed E-state index contributed by atoms with van der Waals surface area (Å²) in [5, 5.41) is 3.21. The summed E-state index contributed by atoms with van der Waals surface area (Å²) < 4.78 is 4.80. The number of nitrogens with one attached hydrogen (secondary N) is 1. The van der Waals surface area contributed by atoms with Crippen LogP contribution in [0.3, 0.4) is 0 Å². The molecular weight excluding hydrogens is 266 g/mol. The summed E-state index contributed by atoms with van der Waals surface area (Å²) in [5.41, 5.74) is 2.19. The fraction of sp³-hybridized carbons (Fsp3) is 0.286. The Hall–Kier alpha value is -1.81. The molecule has 0 aliphatic heterocycles. The first-order chi connectivity index (χ1) is 8.90. The monoisotopic (exact) mass is 281 g/mol. The van der Waals surface area contributed by atoms with Gasteiger partial charge in [-0.2, -0.15) is 0 Å². The summed E-state index contributed by atoms with van der Waals surface area (Å²) in [5.74, 6) is -0.932. The standard InChI is InChI=1S/C14H16ClNO3/c1-9(2)7-14(18)19-8-13(17)16-12-6-4-5-11(15)10(12)3/h4-7H,8H2,1-3H3,(H,16,17). The van der Waals surface area contributed by atoms with Crippen LogP contribution in [0.2, 0.25) is 5.02 Å². The van der Waals surface area contributed by atoms with E-state index < -0.39 is 11.9 Å². The number of amides is 1. The van der Waals surface area contributed by atoms with E-state index in [2.05, 4.69) is 5.32 Å². The zero-order valence-electron chi connectivity index (χ0n) is 11.1. The number of rotatable bonds is 4. The molecule has 0 atom stereocenters. The first-order valence-corrected chi connectivity index (χ1v) is 6.14. The number of allylic oxidation sites excluding steroid dienone is 1. The number of halogens is 1. The van der Waals surface area contributed by atoms with Crippen molar-refractivity contribution in [2.45, 2.75) is 20.8 Å². The Labute approximate surface area is 117 Å². The first-order valence-electron chi connectivity index (χ1n) is 5.76. The number of ether oxygens (including phenoxy) is 1. The van der Waals surface area contributed by atoms with Crippen molar-refractivity contribution in [3.8, 4) is 0 Å². The van der Waals surface area contributed by atoms with Gasteiger partial charge in [0, 0.05) is 16.8 Å². The Morgan fingerprint density at radius 1 is 1.37 bits per heavy atom. The van der Waals surface area contributed by atoms with Crippen LogP contribution in [-0.4, -0.2) is 18.5 Å². The molecule has 0 aromatic heterocycles. The number of carbonyl (C=O) groups is 2. The van der Waals surface area contributed by atoms with E-state index in [1.54, 1.807) is 39.0 Å². The third-order valence-corrected chi connectivity index (χ3v) is 2.70. The lowest BCUT2D eigenvalue weighted by atomic mass is 10.2. The largest absolute Gasteiger partial charge is 0.452 e. The van der Waals surface area contributed by atoms with Crippen LogP contribution in [0.5, 0.6) is 0 Å². The third kappa shape index (κ3) is 5.14. The van der Waals surface area contributed by atoms with E-state index in [-0.39, 0.29) is 6.61 Å². The van der Waals surface area contributed by atoms with Crippen LogP contribution < -0.4 is 5.32 Å². The van der Waals surface area contributed by atoms with Crippen LogP contribution in [0.15, 0.2) is 29.8 Å². The van der Waals surface area contributed by atoms with Gasteiger partial charge in [0.1, 0.15) is 0 Å². The van der Waals surface area contributed by atoms with E-state index in [4.69, 9.17) is 16.3 Å². The molecule has 0 bridgehead atoms. The molecule has 5 heteroatoms. The molecule has 1 N–H and O–H groups in total. The summed E-state index contributed by atoms with van der Waals surface area (Å²) in [7, 11) is 0. The van der Waals surface area contributed by atoms with Crippen molar-refractivity contribution >= 4 is 29.2 Å². The zero-order chi connectivity index (χ0) is 14.4. The Morgan fingerprint density at radius 2 is 2.05 bits per heavy atom. The molecule has 0 saturated heterocycles. The molecule has 19 heavy (non-hydrogen) atoms. The normalized spacial score (nSPS) is 9.68. The zero-order valence-corrected chi connectivity index (χ0v) is 11.9. The SMILES string of the molecule is CC(C)=CC(=O)OCC(=O)Nc1cccc(Cl)c1C. The highest BCUT2D eigenvalue weighted by Gasteiger charge is 2.08. The van der Waals surface area contributed by atoms with Gasteiger partial charge >= 0.3 is 5.97 Å². The Balaban J connectivity index is 2.54. The van der Waals surface area contributed by atoms with Gasteiger partial charge in [0.25, 0.3) is 5.91 Å². The number of hydrogen-bond donors (Lipinski definition) is 1. The molecule has 0 saturated carbocycles. The number of hydrogen-bond acceptors (Lipinski definition) is 3. The third-order valence-electron chi connectivity index (χ3n) is 2.29. The van der Waals surface area contributed by atoms with E-state index in [9.17, 15) is 9.59 Å². The first kappa shape index (κ1) is 15.2. The van der Waals surface area contributed by atoms with Crippen LogP contribution in [-0.2, 0) is 14.3 Å². The topological polar surface area (TPSA) is 55.4 Å². The van der Waals surface area contributed by atoms with Crippen molar-refractivity contribution < 1.29 is 14.3 Å². The fourth-order valence-electron chi connectivity index (χ4n) is 1.34. The van der Waals surface area contributed by atoms with E-state index in [0.29, 0.717) is 10.7 Å². The molecule has 4 nitrogen and oxygen atoms in total. The number of carbonyl (C=O) groups excluding carboxylic acids is 2. The van der Waals surface area contributed by atoms with Crippen molar-refractivity contribution in [1.82, 2.24) is 0 Å². The van der Waals surface area contributed by atoms with Gasteiger partial charge < -0.3 is 10.1 Å². The summed E-state index contributed by atoms with van der Waals surface area (Å²) in [6.07, 6.45) is 1.33. The highest BCUT2D eigenvalue weighted by molar-refractivity contribution is 6.31. The van der Waals surface area contributed by atoms with Crippen molar-refractivity contribution in [2.75, 3.05) is 11.9 Å². The second kappa shape index (κ2) is 6.95. The van der Waals surface area contributed by atoms with Crippen LogP contribution in [0.25, 0.3) is 0 Å². The van der Waals surface area contributed by atoms with Gasteiger partial charge in [-0.3, -0.25) is 4.79 Å². The van der Waals surface area contributed by atoms with Gasteiger partial charge in [-0.25, -0.2) is 4.79 Å². The van der Waals surface area contributed by atoms with Crippen molar-refractivity contribution in [3.05, 3.63) is 40.4 Å². The van der Waals surface area contributed by atoms with Gasteiger partial charge in [-0.1, -0.05) is 23.2 Å². The lowest BCUT2D eigenvalue weighted by Crippen LogP contribution is -2.20. The molecular formula is C14H16ClNO3. The lowest BCUT2D eigenvalue weighted by Gasteiger charge is -2.09. The van der Waals surface area contributed by atoms with Crippen molar-refractivity contribution in [1.29, 1.82) is 0 Å². The minimum Gasteiger partial charge on any atom is -0.452 e. The quantitative estimate of drug-likeness (QED) is 0.681. The van der Waals surface area contributed by atoms with Gasteiger partial charge in [0.2, 0.25) is 0 Å². The molecule has 1 aromatic carbocycles. The van der Waals surface area contributed by atoms with E-state index in [1.165, 1.54) is 6.08 Å². The van der Waals surface area contributed by atoms with Gasteiger partial charge in [0.05, 0.1) is 0 Å². The predicted molar refractivity (Wildman–Crippen MR) is 75.2 cm³/mol. The predicted octanol–water partition coefficient (Wildman–Crippen LogP) is 3.10. The number of esters is 1.